The summed E-state index contributed by atoms with van der Waals surface area (Å²) in [5.74, 6) is -0.187. The number of thiazole rings is 1. The van der Waals surface area contributed by atoms with Gasteiger partial charge in [0.1, 0.15) is 12.4 Å². The number of carbonyl (C=O) groups excluding carboxylic acids is 1. The molecule has 26 heavy (non-hydrogen) atoms. The highest BCUT2D eigenvalue weighted by Crippen LogP contribution is 2.26. The Labute approximate surface area is 153 Å². The molecule has 1 aliphatic heterocycles. The summed E-state index contributed by atoms with van der Waals surface area (Å²) in [6.07, 6.45) is 0. The zero-order chi connectivity index (χ0) is 18.3. The molecule has 1 aromatic heterocycles. The van der Waals surface area contributed by atoms with Crippen LogP contribution in [-0.2, 0) is 14.8 Å². The van der Waals surface area contributed by atoms with E-state index in [4.69, 9.17) is 0 Å². The first-order valence-electron chi connectivity index (χ1n) is 7.76. The molecule has 2 N–H and O–H groups in total. The van der Waals surface area contributed by atoms with Crippen LogP contribution in [0.2, 0.25) is 0 Å². The Morgan fingerprint density at radius 2 is 2.08 bits per heavy atom. The van der Waals surface area contributed by atoms with Gasteiger partial charge in [-0.15, -0.1) is 0 Å². The topological polar surface area (TPSA) is 101 Å². The third-order valence-corrected chi connectivity index (χ3v) is 6.16. The third kappa shape index (κ3) is 3.06. The van der Waals surface area contributed by atoms with Gasteiger partial charge >= 0.3 is 0 Å². The van der Waals surface area contributed by atoms with E-state index in [0.29, 0.717) is 10.7 Å². The molecular weight excluding hydrogens is 372 g/mol. The molecule has 0 saturated heterocycles. The van der Waals surface area contributed by atoms with Crippen LogP contribution in [0.25, 0.3) is 10.2 Å². The number of sulfonamides is 1. The molecule has 7 nitrogen and oxygen atoms in total. The number of hydrogen-bond donors (Lipinski definition) is 2. The minimum absolute atomic E-state index is 0.167. The Morgan fingerprint density at radius 3 is 2.92 bits per heavy atom. The number of nitrogens with zero attached hydrogens (tertiary/aromatic N) is 2. The monoisotopic (exact) mass is 386 g/mol. The summed E-state index contributed by atoms with van der Waals surface area (Å²) in [5, 5.41) is 3.19. The van der Waals surface area contributed by atoms with E-state index in [9.17, 15) is 13.2 Å². The van der Waals surface area contributed by atoms with Gasteiger partial charge in [0.05, 0.1) is 15.1 Å². The molecular formula is C17H14N4O3S2. The van der Waals surface area contributed by atoms with Crippen molar-refractivity contribution in [3.05, 3.63) is 53.6 Å². The third-order valence-electron chi connectivity index (χ3n) is 3.83. The van der Waals surface area contributed by atoms with Crippen molar-refractivity contribution in [2.75, 3.05) is 11.9 Å². The predicted molar refractivity (Wildman–Crippen MR) is 101 cm³/mol. The van der Waals surface area contributed by atoms with Gasteiger partial charge in [-0.1, -0.05) is 29.5 Å². The van der Waals surface area contributed by atoms with Crippen LogP contribution in [0.5, 0.6) is 0 Å². The second-order valence-corrected chi connectivity index (χ2v) is 8.49. The fourth-order valence-corrected chi connectivity index (χ4v) is 4.88. The number of amidine groups is 1. The highest BCUT2D eigenvalue weighted by atomic mass is 32.2. The SMILES string of the molecule is Cc1ccc2nc(NC(=O)CN=C3NS(=O)(=O)c4ccccc43)sc2c1. The van der Waals surface area contributed by atoms with Gasteiger partial charge in [-0.05, 0) is 36.8 Å². The number of benzene rings is 2. The number of aryl methyl sites for hydroxylation is 1. The molecule has 0 unspecified atom stereocenters. The van der Waals surface area contributed by atoms with Gasteiger partial charge in [-0.25, -0.2) is 13.4 Å². The smallest absolute Gasteiger partial charge is 0.263 e. The fourth-order valence-electron chi connectivity index (χ4n) is 2.65. The lowest BCUT2D eigenvalue weighted by molar-refractivity contribution is -0.114. The quantitative estimate of drug-likeness (QED) is 0.721. The van der Waals surface area contributed by atoms with Crippen molar-refractivity contribution in [2.24, 2.45) is 4.99 Å². The van der Waals surface area contributed by atoms with Crippen LogP contribution in [0, 0.1) is 6.92 Å². The zero-order valence-corrected chi connectivity index (χ0v) is 15.3. The number of carbonyl (C=O) groups is 1. The number of fused-ring (bicyclic) bond motifs is 2. The Hall–Kier alpha value is -2.78. The van der Waals surface area contributed by atoms with Crippen LogP contribution in [-0.4, -0.2) is 31.7 Å². The molecule has 0 radical (unpaired) electrons. The Bertz CT molecular complexity index is 1170. The molecule has 2 heterocycles. The van der Waals surface area contributed by atoms with E-state index >= 15 is 0 Å². The number of anilines is 1. The van der Waals surface area contributed by atoms with Crippen molar-refractivity contribution < 1.29 is 13.2 Å². The van der Waals surface area contributed by atoms with Crippen LogP contribution >= 0.6 is 11.3 Å². The molecule has 1 amide bonds. The Balaban J connectivity index is 1.51. The molecule has 0 atom stereocenters. The van der Waals surface area contributed by atoms with Gasteiger partial charge in [0.25, 0.3) is 10.0 Å². The summed E-state index contributed by atoms with van der Waals surface area (Å²) in [5.41, 5.74) is 2.41. The van der Waals surface area contributed by atoms with Crippen molar-refractivity contribution in [1.82, 2.24) is 9.71 Å². The summed E-state index contributed by atoms with van der Waals surface area (Å²) in [6, 6.07) is 12.4. The average Bonchev–Trinajstić information content (AvgIpc) is 3.11. The van der Waals surface area contributed by atoms with E-state index in [0.717, 1.165) is 15.8 Å². The van der Waals surface area contributed by atoms with Crippen molar-refractivity contribution in [1.29, 1.82) is 0 Å². The van der Waals surface area contributed by atoms with E-state index < -0.39 is 10.0 Å². The first-order chi connectivity index (χ1) is 12.4. The van der Waals surface area contributed by atoms with Gasteiger partial charge in [0.2, 0.25) is 5.91 Å². The van der Waals surface area contributed by atoms with Gasteiger partial charge in [0.15, 0.2) is 5.13 Å². The molecule has 0 aliphatic carbocycles. The van der Waals surface area contributed by atoms with Crippen molar-refractivity contribution >= 4 is 48.5 Å². The second kappa shape index (κ2) is 6.19. The molecule has 4 rings (SSSR count). The highest BCUT2D eigenvalue weighted by Gasteiger charge is 2.30. The normalized spacial score (nSPS) is 16.4. The van der Waals surface area contributed by atoms with Crippen molar-refractivity contribution in [3.63, 3.8) is 0 Å². The fraction of sp³-hybridized carbons (Fsp3) is 0.118. The summed E-state index contributed by atoms with van der Waals surface area (Å²) >= 11 is 1.38. The summed E-state index contributed by atoms with van der Waals surface area (Å²) < 4.78 is 27.4. The zero-order valence-electron chi connectivity index (χ0n) is 13.7. The highest BCUT2D eigenvalue weighted by molar-refractivity contribution is 7.90. The van der Waals surface area contributed by atoms with Crippen LogP contribution in [0.4, 0.5) is 5.13 Å². The molecule has 1 aliphatic rings. The van der Waals surface area contributed by atoms with E-state index in [2.05, 4.69) is 20.0 Å². The first-order valence-corrected chi connectivity index (χ1v) is 10.1. The van der Waals surface area contributed by atoms with Crippen LogP contribution in [0.1, 0.15) is 11.1 Å². The first kappa shape index (κ1) is 16.7. The summed E-state index contributed by atoms with van der Waals surface area (Å²) in [6.45, 7) is 1.79. The van der Waals surface area contributed by atoms with Crippen LogP contribution < -0.4 is 10.0 Å². The maximum Gasteiger partial charge on any atom is 0.263 e. The molecule has 0 bridgehead atoms. The number of amides is 1. The van der Waals surface area contributed by atoms with Gasteiger partial charge in [-0.2, -0.15) is 0 Å². The van der Waals surface area contributed by atoms with E-state index in [1.165, 1.54) is 17.4 Å². The van der Waals surface area contributed by atoms with E-state index in [1.807, 2.05) is 25.1 Å². The van der Waals surface area contributed by atoms with E-state index in [-0.39, 0.29) is 23.2 Å². The Morgan fingerprint density at radius 1 is 1.27 bits per heavy atom. The predicted octanol–water partition coefficient (Wildman–Crippen LogP) is 2.28. The largest absolute Gasteiger partial charge is 0.300 e. The lowest BCUT2D eigenvalue weighted by atomic mass is 10.2. The Kier molecular flexibility index (Phi) is 3.97. The molecule has 9 heteroatoms. The number of hydrogen-bond acceptors (Lipinski definition) is 6. The summed E-state index contributed by atoms with van der Waals surface area (Å²) in [7, 11) is -3.61. The molecule has 3 aromatic rings. The number of aliphatic imine (C=N–C) groups is 1. The number of aromatic nitrogens is 1. The van der Waals surface area contributed by atoms with Gasteiger partial charge in [-0.3, -0.25) is 14.5 Å². The maximum absolute atomic E-state index is 12.2. The van der Waals surface area contributed by atoms with Crippen molar-refractivity contribution in [2.45, 2.75) is 11.8 Å². The standard InChI is InChI=1S/C17H14N4O3S2/c1-10-6-7-12-13(8-10)25-17(19-12)20-15(22)9-18-16-11-4-2-3-5-14(11)26(23,24)21-16/h2-8H,9H2,1H3,(H,18,21)(H,19,20,22). The van der Waals surface area contributed by atoms with Crippen LogP contribution in [0.15, 0.2) is 52.4 Å². The molecule has 0 spiro atoms. The molecule has 0 fully saturated rings. The average molecular weight is 386 g/mol. The number of nitrogens with one attached hydrogen (secondary N) is 2. The maximum atomic E-state index is 12.2. The van der Waals surface area contributed by atoms with Gasteiger partial charge in [0, 0.05) is 5.56 Å². The summed E-state index contributed by atoms with van der Waals surface area (Å²) in [4.78, 5) is 20.8. The van der Waals surface area contributed by atoms with Crippen molar-refractivity contribution in [3.8, 4) is 0 Å². The lowest BCUT2D eigenvalue weighted by Gasteiger charge is -2.00. The molecule has 132 valence electrons. The number of rotatable bonds is 3. The second-order valence-electron chi connectivity index (χ2n) is 5.80. The minimum Gasteiger partial charge on any atom is -0.300 e. The molecule has 0 saturated carbocycles. The lowest BCUT2D eigenvalue weighted by Crippen LogP contribution is -2.24. The van der Waals surface area contributed by atoms with Gasteiger partial charge < -0.3 is 5.32 Å². The molecule has 2 aromatic carbocycles. The van der Waals surface area contributed by atoms with Crippen LogP contribution in [0.3, 0.4) is 0 Å². The minimum atomic E-state index is -3.61. The van der Waals surface area contributed by atoms with E-state index in [1.54, 1.807) is 18.2 Å².